The zero-order valence-corrected chi connectivity index (χ0v) is 10.3. The Balaban J connectivity index is 1.68. The molecule has 2 rings (SSSR count). The Morgan fingerprint density at radius 2 is 2.44 bits per heavy atom. The van der Waals surface area contributed by atoms with Crippen molar-refractivity contribution in [1.29, 1.82) is 0 Å². The van der Waals surface area contributed by atoms with E-state index >= 15 is 0 Å². The van der Waals surface area contributed by atoms with Gasteiger partial charge < -0.3 is 15.2 Å². The van der Waals surface area contributed by atoms with Gasteiger partial charge in [0, 0.05) is 26.0 Å². The highest BCUT2D eigenvalue weighted by Gasteiger charge is 2.14. The van der Waals surface area contributed by atoms with Crippen LogP contribution in [0.5, 0.6) is 0 Å². The summed E-state index contributed by atoms with van der Waals surface area (Å²) in [6, 6.07) is 3.33. The fourth-order valence-electron chi connectivity index (χ4n) is 1.99. The number of rotatable bonds is 6. The van der Waals surface area contributed by atoms with E-state index in [1.165, 1.54) is 6.20 Å². The molecule has 1 fully saturated rings. The highest BCUT2D eigenvalue weighted by Crippen LogP contribution is 2.15. The van der Waals surface area contributed by atoms with Crippen LogP contribution >= 0.6 is 0 Å². The summed E-state index contributed by atoms with van der Waals surface area (Å²) in [6.45, 7) is 3.39. The number of nitrogens with zero attached hydrogens (tertiary/aromatic N) is 1. The van der Waals surface area contributed by atoms with E-state index in [1.807, 2.05) is 0 Å². The SMILES string of the molecule is O=C(O)c1ccc(CNCCC2CCOC2)nc1. The first-order valence-corrected chi connectivity index (χ1v) is 6.22. The molecule has 1 atom stereocenters. The van der Waals surface area contributed by atoms with Crippen LogP contribution in [-0.4, -0.2) is 35.8 Å². The van der Waals surface area contributed by atoms with E-state index in [0.29, 0.717) is 12.5 Å². The second kappa shape index (κ2) is 6.47. The van der Waals surface area contributed by atoms with Crippen LogP contribution in [-0.2, 0) is 11.3 Å². The molecule has 1 aromatic rings. The third-order valence-corrected chi connectivity index (χ3v) is 3.13. The number of carboxylic acids is 1. The van der Waals surface area contributed by atoms with Crippen LogP contribution in [0, 0.1) is 5.92 Å². The van der Waals surface area contributed by atoms with Gasteiger partial charge in [-0.1, -0.05) is 0 Å². The number of ether oxygens (including phenoxy) is 1. The molecule has 5 heteroatoms. The Hall–Kier alpha value is -1.46. The maximum Gasteiger partial charge on any atom is 0.337 e. The van der Waals surface area contributed by atoms with Gasteiger partial charge >= 0.3 is 5.97 Å². The maximum absolute atomic E-state index is 10.7. The highest BCUT2D eigenvalue weighted by atomic mass is 16.5. The summed E-state index contributed by atoms with van der Waals surface area (Å²) in [5.74, 6) is -0.261. The van der Waals surface area contributed by atoms with Crippen LogP contribution in [0.3, 0.4) is 0 Å². The minimum absolute atomic E-state index is 0.224. The summed E-state index contributed by atoms with van der Waals surface area (Å²) >= 11 is 0. The molecule has 0 spiro atoms. The van der Waals surface area contributed by atoms with Crippen molar-refractivity contribution in [2.45, 2.75) is 19.4 Å². The van der Waals surface area contributed by atoms with Gasteiger partial charge in [0.15, 0.2) is 0 Å². The first kappa shape index (κ1) is 13.0. The number of hydrogen-bond donors (Lipinski definition) is 2. The number of aromatic carboxylic acids is 1. The van der Waals surface area contributed by atoms with Crippen LogP contribution in [0.2, 0.25) is 0 Å². The zero-order valence-electron chi connectivity index (χ0n) is 10.3. The van der Waals surface area contributed by atoms with Crippen molar-refractivity contribution in [3.05, 3.63) is 29.6 Å². The normalized spacial score (nSPS) is 19.0. The summed E-state index contributed by atoms with van der Waals surface area (Å²) < 4.78 is 5.31. The van der Waals surface area contributed by atoms with Crippen LogP contribution in [0.25, 0.3) is 0 Å². The molecule has 0 radical (unpaired) electrons. The predicted molar refractivity (Wildman–Crippen MR) is 66.4 cm³/mol. The van der Waals surface area contributed by atoms with Crippen LogP contribution in [0.1, 0.15) is 28.9 Å². The van der Waals surface area contributed by atoms with E-state index in [0.717, 1.165) is 38.3 Å². The summed E-state index contributed by atoms with van der Waals surface area (Å²) in [7, 11) is 0. The lowest BCUT2D eigenvalue weighted by atomic mass is 10.1. The molecule has 0 bridgehead atoms. The van der Waals surface area contributed by atoms with Gasteiger partial charge in [0.2, 0.25) is 0 Å². The van der Waals surface area contributed by atoms with E-state index in [-0.39, 0.29) is 5.56 Å². The van der Waals surface area contributed by atoms with Crippen LogP contribution in [0.15, 0.2) is 18.3 Å². The van der Waals surface area contributed by atoms with E-state index in [1.54, 1.807) is 12.1 Å². The summed E-state index contributed by atoms with van der Waals surface area (Å²) in [4.78, 5) is 14.8. The second-order valence-electron chi connectivity index (χ2n) is 4.54. The van der Waals surface area contributed by atoms with Crippen molar-refractivity contribution in [2.24, 2.45) is 5.92 Å². The number of nitrogens with one attached hydrogen (secondary N) is 1. The molecule has 18 heavy (non-hydrogen) atoms. The lowest BCUT2D eigenvalue weighted by Crippen LogP contribution is -2.18. The summed E-state index contributed by atoms with van der Waals surface area (Å²) in [5, 5.41) is 12.1. The fraction of sp³-hybridized carbons (Fsp3) is 0.538. The summed E-state index contributed by atoms with van der Waals surface area (Å²) in [6.07, 6.45) is 3.67. The molecule has 1 saturated heterocycles. The van der Waals surface area contributed by atoms with Gasteiger partial charge in [0.25, 0.3) is 0 Å². The molecule has 1 aliphatic heterocycles. The van der Waals surface area contributed by atoms with E-state index in [9.17, 15) is 4.79 Å². The molecular formula is C13H18N2O3. The Kier molecular flexibility index (Phi) is 4.66. The van der Waals surface area contributed by atoms with Crippen LogP contribution in [0.4, 0.5) is 0 Å². The zero-order chi connectivity index (χ0) is 12.8. The Morgan fingerprint density at radius 3 is 3.06 bits per heavy atom. The lowest BCUT2D eigenvalue weighted by Gasteiger charge is -2.08. The predicted octanol–water partition coefficient (Wildman–Crippen LogP) is 1.30. The highest BCUT2D eigenvalue weighted by molar-refractivity contribution is 5.87. The molecule has 0 saturated carbocycles. The molecule has 2 N–H and O–H groups in total. The first-order valence-electron chi connectivity index (χ1n) is 6.22. The molecule has 98 valence electrons. The second-order valence-corrected chi connectivity index (χ2v) is 4.54. The van der Waals surface area contributed by atoms with Crippen molar-refractivity contribution in [3.8, 4) is 0 Å². The number of hydrogen-bond acceptors (Lipinski definition) is 4. The van der Waals surface area contributed by atoms with Gasteiger partial charge in [-0.3, -0.25) is 4.98 Å². The van der Waals surface area contributed by atoms with Crippen molar-refractivity contribution >= 4 is 5.97 Å². The average molecular weight is 250 g/mol. The first-order chi connectivity index (χ1) is 8.75. The van der Waals surface area contributed by atoms with Gasteiger partial charge in [0.05, 0.1) is 11.3 Å². The van der Waals surface area contributed by atoms with Crippen LogP contribution < -0.4 is 5.32 Å². The Labute approximate surface area is 106 Å². The molecule has 1 aliphatic rings. The molecule has 5 nitrogen and oxygen atoms in total. The van der Waals surface area contributed by atoms with E-state index in [2.05, 4.69) is 10.3 Å². The standard InChI is InChI=1S/C13H18N2O3/c16-13(17)11-1-2-12(15-7-11)8-14-5-3-10-4-6-18-9-10/h1-2,7,10,14H,3-6,8-9H2,(H,16,17). The minimum Gasteiger partial charge on any atom is -0.478 e. The molecule has 2 heterocycles. The van der Waals surface area contributed by atoms with Gasteiger partial charge in [0.1, 0.15) is 0 Å². The molecule has 1 unspecified atom stereocenters. The van der Waals surface area contributed by atoms with Crippen molar-refractivity contribution in [3.63, 3.8) is 0 Å². The fourth-order valence-corrected chi connectivity index (χ4v) is 1.99. The number of pyridine rings is 1. The molecule has 0 aliphatic carbocycles. The minimum atomic E-state index is -0.941. The van der Waals surface area contributed by atoms with Gasteiger partial charge in [-0.15, -0.1) is 0 Å². The summed E-state index contributed by atoms with van der Waals surface area (Å²) in [5.41, 5.74) is 1.09. The average Bonchev–Trinajstić information content (AvgIpc) is 2.88. The van der Waals surface area contributed by atoms with Crippen molar-refractivity contribution in [1.82, 2.24) is 10.3 Å². The largest absolute Gasteiger partial charge is 0.478 e. The van der Waals surface area contributed by atoms with Crippen molar-refractivity contribution in [2.75, 3.05) is 19.8 Å². The molecule has 1 aromatic heterocycles. The third-order valence-electron chi connectivity index (χ3n) is 3.13. The van der Waals surface area contributed by atoms with Crippen molar-refractivity contribution < 1.29 is 14.6 Å². The Bertz CT molecular complexity index is 386. The molecule has 0 amide bonds. The molecular weight excluding hydrogens is 232 g/mol. The van der Waals surface area contributed by atoms with E-state index < -0.39 is 5.97 Å². The number of aromatic nitrogens is 1. The topological polar surface area (TPSA) is 71.5 Å². The van der Waals surface area contributed by atoms with Gasteiger partial charge in [-0.05, 0) is 37.4 Å². The van der Waals surface area contributed by atoms with Gasteiger partial charge in [-0.25, -0.2) is 4.79 Å². The third kappa shape index (κ3) is 3.78. The monoisotopic (exact) mass is 250 g/mol. The van der Waals surface area contributed by atoms with Gasteiger partial charge in [-0.2, -0.15) is 0 Å². The smallest absolute Gasteiger partial charge is 0.337 e. The van der Waals surface area contributed by atoms with E-state index in [4.69, 9.17) is 9.84 Å². The number of carbonyl (C=O) groups is 1. The quantitative estimate of drug-likeness (QED) is 0.744. The Morgan fingerprint density at radius 1 is 1.56 bits per heavy atom. The number of carboxylic acid groups (broad SMARTS) is 1. The lowest BCUT2D eigenvalue weighted by molar-refractivity contribution is 0.0696. The molecule has 0 aromatic carbocycles. The maximum atomic E-state index is 10.7.